The predicted octanol–water partition coefficient (Wildman–Crippen LogP) is 4.21. The van der Waals surface area contributed by atoms with Crippen LogP contribution in [-0.4, -0.2) is 17.6 Å². The number of aryl methyl sites for hydroxylation is 4. The SMILES string of the molecule is CCn1cc(C(=O)Nc2c(C)cc(C)cc2C)c(=O)c2cc(OC)ccc21. The summed E-state index contributed by atoms with van der Waals surface area (Å²) >= 11 is 0. The van der Waals surface area contributed by atoms with Crippen LogP contribution in [0.3, 0.4) is 0 Å². The lowest BCUT2D eigenvalue weighted by Gasteiger charge is -2.15. The number of nitrogens with zero attached hydrogens (tertiary/aromatic N) is 1. The highest BCUT2D eigenvalue weighted by Gasteiger charge is 2.17. The lowest BCUT2D eigenvalue weighted by molar-refractivity contribution is 0.102. The van der Waals surface area contributed by atoms with Crippen molar-refractivity contribution in [3.05, 3.63) is 69.0 Å². The van der Waals surface area contributed by atoms with Crippen LogP contribution in [0.15, 0.2) is 41.3 Å². The Hall–Kier alpha value is -3.08. The lowest BCUT2D eigenvalue weighted by atomic mass is 10.0. The zero-order chi connectivity index (χ0) is 19.7. The average molecular weight is 364 g/mol. The summed E-state index contributed by atoms with van der Waals surface area (Å²) in [6.07, 6.45) is 1.63. The number of methoxy groups -OCH3 is 1. The Labute approximate surface area is 158 Å². The number of carbonyl (C=O) groups is 1. The maximum absolute atomic E-state index is 13.0. The first-order valence-electron chi connectivity index (χ1n) is 8.96. The molecular weight excluding hydrogens is 340 g/mol. The molecule has 0 fully saturated rings. The molecule has 0 unspecified atom stereocenters. The van der Waals surface area contributed by atoms with Gasteiger partial charge >= 0.3 is 0 Å². The summed E-state index contributed by atoms with van der Waals surface area (Å²) in [6.45, 7) is 8.54. The normalized spacial score (nSPS) is 10.9. The van der Waals surface area contributed by atoms with Gasteiger partial charge in [0.05, 0.1) is 18.0 Å². The third-order valence-corrected chi connectivity index (χ3v) is 4.79. The van der Waals surface area contributed by atoms with Gasteiger partial charge in [0.15, 0.2) is 0 Å². The molecule has 140 valence electrons. The molecule has 0 aliphatic rings. The predicted molar refractivity (Wildman–Crippen MR) is 109 cm³/mol. The first kappa shape index (κ1) is 18.7. The van der Waals surface area contributed by atoms with Crippen molar-refractivity contribution in [3.63, 3.8) is 0 Å². The number of hydrogen-bond donors (Lipinski definition) is 1. The number of anilines is 1. The average Bonchev–Trinajstić information content (AvgIpc) is 2.64. The van der Waals surface area contributed by atoms with E-state index in [1.54, 1.807) is 19.4 Å². The first-order chi connectivity index (χ1) is 12.8. The zero-order valence-electron chi connectivity index (χ0n) is 16.3. The van der Waals surface area contributed by atoms with Crippen LogP contribution < -0.4 is 15.5 Å². The van der Waals surface area contributed by atoms with E-state index in [1.165, 1.54) is 0 Å². The Morgan fingerprint density at radius 3 is 2.37 bits per heavy atom. The van der Waals surface area contributed by atoms with Crippen molar-refractivity contribution in [1.82, 2.24) is 4.57 Å². The summed E-state index contributed by atoms with van der Waals surface area (Å²) in [6, 6.07) is 9.36. The first-order valence-corrected chi connectivity index (χ1v) is 8.96. The van der Waals surface area contributed by atoms with Crippen LogP contribution in [0.4, 0.5) is 5.69 Å². The van der Waals surface area contributed by atoms with Crippen molar-refractivity contribution in [2.24, 2.45) is 0 Å². The molecule has 3 rings (SSSR count). The van der Waals surface area contributed by atoms with Crippen molar-refractivity contribution in [2.75, 3.05) is 12.4 Å². The van der Waals surface area contributed by atoms with Crippen LogP contribution in [0, 0.1) is 20.8 Å². The van der Waals surface area contributed by atoms with Gasteiger partial charge in [-0.2, -0.15) is 0 Å². The molecule has 0 atom stereocenters. The van der Waals surface area contributed by atoms with Crippen molar-refractivity contribution in [2.45, 2.75) is 34.2 Å². The van der Waals surface area contributed by atoms with E-state index >= 15 is 0 Å². The fraction of sp³-hybridized carbons (Fsp3) is 0.273. The molecule has 0 spiro atoms. The minimum atomic E-state index is -0.401. The quantitative estimate of drug-likeness (QED) is 0.754. The molecule has 5 nitrogen and oxygen atoms in total. The summed E-state index contributed by atoms with van der Waals surface area (Å²) < 4.78 is 7.14. The molecule has 1 N–H and O–H groups in total. The number of nitrogens with one attached hydrogen (secondary N) is 1. The van der Waals surface area contributed by atoms with E-state index in [1.807, 2.05) is 56.5 Å². The summed E-state index contributed by atoms with van der Waals surface area (Å²) in [4.78, 5) is 25.9. The minimum Gasteiger partial charge on any atom is -0.497 e. The van der Waals surface area contributed by atoms with Gasteiger partial charge in [0.2, 0.25) is 5.43 Å². The van der Waals surface area contributed by atoms with Crippen molar-refractivity contribution in [1.29, 1.82) is 0 Å². The molecule has 5 heteroatoms. The van der Waals surface area contributed by atoms with E-state index in [9.17, 15) is 9.59 Å². The maximum Gasteiger partial charge on any atom is 0.261 e. The third kappa shape index (κ3) is 3.45. The number of benzene rings is 2. The highest BCUT2D eigenvalue weighted by molar-refractivity contribution is 6.06. The smallest absolute Gasteiger partial charge is 0.261 e. The molecule has 0 radical (unpaired) electrons. The minimum absolute atomic E-state index is 0.122. The molecule has 1 amide bonds. The third-order valence-electron chi connectivity index (χ3n) is 4.79. The monoisotopic (exact) mass is 364 g/mol. The van der Waals surface area contributed by atoms with Crippen molar-refractivity contribution < 1.29 is 9.53 Å². The largest absolute Gasteiger partial charge is 0.497 e. The van der Waals surface area contributed by atoms with Gasteiger partial charge in [0, 0.05) is 18.4 Å². The zero-order valence-corrected chi connectivity index (χ0v) is 16.3. The highest BCUT2D eigenvalue weighted by atomic mass is 16.5. The molecule has 27 heavy (non-hydrogen) atoms. The Balaban J connectivity index is 2.12. The van der Waals surface area contributed by atoms with Gasteiger partial charge in [-0.1, -0.05) is 17.7 Å². The molecule has 2 aromatic carbocycles. The Morgan fingerprint density at radius 2 is 1.78 bits per heavy atom. The second-order valence-electron chi connectivity index (χ2n) is 6.77. The Morgan fingerprint density at radius 1 is 1.11 bits per heavy atom. The van der Waals surface area contributed by atoms with Gasteiger partial charge < -0.3 is 14.6 Å². The van der Waals surface area contributed by atoms with E-state index in [0.29, 0.717) is 17.7 Å². The standard InChI is InChI=1S/C22H24N2O3/c1-6-24-12-18(21(25)17-11-16(27-5)7-8-19(17)24)22(26)23-20-14(3)9-13(2)10-15(20)4/h7-12H,6H2,1-5H3,(H,23,26). The van der Waals surface area contributed by atoms with Gasteiger partial charge in [-0.25, -0.2) is 0 Å². The van der Waals surface area contributed by atoms with E-state index in [0.717, 1.165) is 27.9 Å². The van der Waals surface area contributed by atoms with E-state index < -0.39 is 5.91 Å². The van der Waals surface area contributed by atoms with E-state index in [4.69, 9.17) is 4.74 Å². The highest BCUT2D eigenvalue weighted by Crippen LogP contribution is 2.23. The molecule has 0 aliphatic carbocycles. The van der Waals surface area contributed by atoms with Crippen LogP contribution in [0.1, 0.15) is 34.0 Å². The number of carbonyl (C=O) groups excluding carboxylic acids is 1. The number of aromatic nitrogens is 1. The van der Waals surface area contributed by atoms with Gasteiger partial charge in [0.25, 0.3) is 5.91 Å². The van der Waals surface area contributed by atoms with Gasteiger partial charge in [0.1, 0.15) is 11.3 Å². The molecule has 0 saturated heterocycles. The molecule has 0 saturated carbocycles. The Bertz CT molecular complexity index is 1070. The summed E-state index contributed by atoms with van der Waals surface area (Å²) in [5.41, 5.74) is 4.43. The molecule has 1 aromatic heterocycles. The van der Waals surface area contributed by atoms with E-state index in [-0.39, 0.29) is 11.0 Å². The van der Waals surface area contributed by atoms with E-state index in [2.05, 4.69) is 5.32 Å². The fourth-order valence-electron chi connectivity index (χ4n) is 3.48. The fourth-order valence-corrected chi connectivity index (χ4v) is 3.48. The van der Waals surface area contributed by atoms with Gasteiger partial charge in [-0.3, -0.25) is 9.59 Å². The molecule has 3 aromatic rings. The van der Waals surface area contributed by atoms with Crippen molar-refractivity contribution >= 4 is 22.5 Å². The summed E-state index contributed by atoms with van der Waals surface area (Å²) in [7, 11) is 1.55. The Kier molecular flexibility index (Phi) is 5.04. The number of fused-ring (bicyclic) bond motifs is 1. The second-order valence-corrected chi connectivity index (χ2v) is 6.77. The van der Waals surface area contributed by atoms with Crippen LogP contribution in [-0.2, 0) is 6.54 Å². The molecule has 0 bridgehead atoms. The number of ether oxygens (including phenoxy) is 1. The van der Waals surface area contributed by atoms with Crippen LogP contribution >= 0.6 is 0 Å². The number of hydrogen-bond acceptors (Lipinski definition) is 3. The molecular formula is C22H24N2O3. The molecule has 0 aliphatic heterocycles. The topological polar surface area (TPSA) is 60.3 Å². The van der Waals surface area contributed by atoms with Crippen molar-refractivity contribution in [3.8, 4) is 5.75 Å². The van der Waals surface area contributed by atoms with Gasteiger partial charge in [-0.05, 0) is 57.0 Å². The summed E-state index contributed by atoms with van der Waals surface area (Å²) in [5.74, 6) is 0.187. The molecule has 1 heterocycles. The number of rotatable bonds is 4. The van der Waals surface area contributed by atoms with Crippen LogP contribution in [0.5, 0.6) is 5.75 Å². The number of pyridine rings is 1. The van der Waals surface area contributed by atoms with Gasteiger partial charge in [-0.15, -0.1) is 0 Å². The second kappa shape index (κ2) is 7.27. The lowest BCUT2D eigenvalue weighted by Crippen LogP contribution is -2.24. The van der Waals surface area contributed by atoms with Crippen LogP contribution in [0.25, 0.3) is 10.9 Å². The van der Waals surface area contributed by atoms with Crippen LogP contribution in [0.2, 0.25) is 0 Å². The summed E-state index contributed by atoms with van der Waals surface area (Å²) in [5, 5.41) is 3.40. The number of amides is 1. The maximum atomic E-state index is 13.0.